The van der Waals surface area contributed by atoms with E-state index in [4.69, 9.17) is 0 Å². The first-order valence-electron chi connectivity index (χ1n) is 7.81. The van der Waals surface area contributed by atoms with Gasteiger partial charge in [0.1, 0.15) is 5.60 Å². The van der Waals surface area contributed by atoms with Gasteiger partial charge >= 0.3 is 0 Å². The van der Waals surface area contributed by atoms with Crippen molar-refractivity contribution in [1.29, 1.82) is 0 Å². The lowest BCUT2D eigenvalue weighted by Crippen LogP contribution is -2.35. The highest BCUT2D eigenvalue weighted by atomic mass is 16.3. The summed E-state index contributed by atoms with van der Waals surface area (Å²) in [6.07, 6.45) is 1.10. The maximum absolute atomic E-state index is 12.5. The quantitative estimate of drug-likeness (QED) is 0.803. The molecule has 1 unspecified atom stereocenters. The van der Waals surface area contributed by atoms with Crippen LogP contribution in [0.25, 0.3) is 0 Å². The maximum atomic E-state index is 12.5. The molecule has 0 aliphatic heterocycles. The van der Waals surface area contributed by atoms with E-state index in [0.717, 1.165) is 5.56 Å². The van der Waals surface area contributed by atoms with Gasteiger partial charge in [-0.3, -0.25) is 4.79 Å². The van der Waals surface area contributed by atoms with Crippen molar-refractivity contribution in [3.63, 3.8) is 0 Å². The van der Waals surface area contributed by atoms with Gasteiger partial charge in [-0.1, -0.05) is 68.4 Å². The lowest BCUT2D eigenvalue weighted by molar-refractivity contribution is 0.0369. The Bertz CT molecular complexity index is 610. The van der Waals surface area contributed by atoms with E-state index in [-0.39, 0.29) is 5.78 Å². The second-order valence-electron chi connectivity index (χ2n) is 6.37. The summed E-state index contributed by atoms with van der Waals surface area (Å²) in [5.41, 5.74) is 1.56. The minimum Gasteiger partial charge on any atom is -0.382 e. The van der Waals surface area contributed by atoms with E-state index in [2.05, 4.69) is 13.8 Å². The summed E-state index contributed by atoms with van der Waals surface area (Å²) in [4.78, 5) is 12.5. The van der Waals surface area contributed by atoms with Crippen molar-refractivity contribution in [2.24, 2.45) is 0 Å². The fourth-order valence-corrected chi connectivity index (χ4v) is 2.48. The average Bonchev–Trinajstić information content (AvgIpc) is 2.53. The highest BCUT2D eigenvalue weighted by Crippen LogP contribution is 2.22. The largest absolute Gasteiger partial charge is 0.382 e. The summed E-state index contributed by atoms with van der Waals surface area (Å²) >= 11 is 0. The SMILES string of the molecule is CC(C)c1ccc(C(=O)C(C)(O)CCc2ccccc2)cc1. The third-order valence-corrected chi connectivity index (χ3v) is 4.07. The van der Waals surface area contributed by atoms with Crippen LogP contribution < -0.4 is 0 Å². The second kappa shape index (κ2) is 6.89. The molecule has 0 saturated heterocycles. The van der Waals surface area contributed by atoms with Crippen LogP contribution >= 0.6 is 0 Å². The normalized spacial score (nSPS) is 13.9. The molecule has 2 rings (SSSR count). The third-order valence-electron chi connectivity index (χ3n) is 4.07. The predicted molar refractivity (Wildman–Crippen MR) is 90.2 cm³/mol. The van der Waals surface area contributed by atoms with Gasteiger partial charge < -0.3 is 5.11 Å². The summed E-state index contributed by atoms with van der Waals surface area (Å²) < 4.78 is 0. The number of ketones is 1. The van der Waals surface area contributed by atoms with Crippen LogP contribution in [-0.2, 0) is 6.42 Å². The summed E-state index contributed by atoms with van der Waals surface area (Å²) in [5, 5.41) is 10.5. The van der Waals surface area contributed by atoms with Gasteiger partial charge in [0.25, 0.3) is 0 Å². The monoisotopic (exact) mass is 296 g/mol. The first-order chi connectivity index (χ1) is 10.4. The first kappa shape index (κ1) is 16.4. The van der Waals surface area contributed by atoms with Gasteiger partial charge in [-0.25, -0.2) is 0 Å². The van der Waals surface area contributed by atoms with Gasteiger partial charge in [0, 0.05) is 5.56 Å². The highest BCUT2D eigenvalue weighted by molar-refractivity contribution is 6.02. The Labute approximate surface area is 132 Å². The molecule has 116 valence electrons. The Morgan fingerprint density at radius 3 is 2.18 bits per heavy atom. The van der Waals surface area contributed by atoms with E-state index in [1.165, 1.54) is 5.56 Å². The Morgan fingerprint density at radius 1 is 1.05 bits per heavy atom. The van der Waals surface area contributed by atoms with E-state index in [1.807, 2.05) is 54.6 Å². The van der Waals surface area contributed by atoms with Crippen LogP contribution in [0.5, 0.6) is 0 Å². The molecule has 0 radical (unpaired) electrons. The summed E-state index contributed by atoms with van der Waals surface area (Å²) in [5.74, 6) is 0.224. The Kier molecular flexibility index (Phi) is 5.15. The number of aliphatic hydroxyl groups is 1. The zero-order chi connectivity index (χ0) is 16.2. The van der Waals surface area contributed by atoms with Gasteiger partial charge in [0.05, 0.1) is 0 Å². The maximum Gasteiger partial charge on any atom is 0.194 e. The van der Waals surface area contributed by atoms with Crippen LogP contribution in [0, 0.1) is 0 Å². The Hall–Kier alpha value is -1.93. The fourth-order valence-electron chi connectivity index (χ4n) is 2.48. The van der Waals surface area contributed by atoms with Crippen LogP contribution in [0.4, 0.5) is 0 Å². The number of hydrogen-bond donors (Lipinski definition) is 1. The van der Waals surface area contributed by atoms with E-state index in [1.54, 1.807) is 6.92 Å². The number of carbonyl (C=O) groups is 1. The molecule has 2 nitrogen and oxygen atoms in total. The van der Waals surface area contributed by atoms with E-state index < -0.39 is 5.60 Å². The number of rotatable bonds is 6. The predicted octanol–water partition coefficient (Wildman–Crippen LogP) is 4.38. The smallest absolute Gasteiger partial charge is 0.194 e. The van der Waals surface area contributed by atoms with E-state index >= 15 is 0 Å². The summed E-state index contributed by atoms with van der Waals surface area (Å²) in [6.45, 7) is 5.84. The van der Waals surface area contributed by atoms with Gasteiger partial charge in [-0.2, -0.15) is 0 Å². The van der Waals surface area contributed by atoms with Gasteiger partial charge in [-0.05, 0) is 36.8 Å². The zero-order valence-electron chi connectivity index (χ0n) is 13.5. The van der Waals surface area contributed by atoms with Crippen molar-refractivity contribution < 1.29 is 9.90 Å². The van der Waals surface area contributed by atoms with E-state index in [9.17, 15) is 9.90 Å². The molecule has 0 bridgehead atoms. The molecular weight excluding hydrogens is 272 g/mol. The number of aryl methyl sites for hydroxylation is 1. The van der Waals surface area contributed by atoms with Crippen LogP contribution in [-0.4, -0.2) is 16.5 Å². The minimum absolute atomic E-state index is 0.210. The number of benzene rings is 2. The van der Waals surface area contributed by atoms with Gasteiger partial charge in [-0.15, -0.1) is 0 Å². The topological polar surface area (TPSA) is 37.3 Å². The first-order valence-corrected chi connectivity index (χ1v) is 7.81. The average molecular weight is 296 g/mol. The Morgan fingerprint density at radius 2 is 1.64 bits per heavy atom. The van der Waals surface area contributed by atoms with Crippen molar-refractivity contribution in [1.82, 2.24) is 0 Å². The fraction of sp³-hybridized carbons (Fsp3) is 0.350. The second-order valence-corrected chi connectivity index (χ2v) is 6.37. The van der Waals surface area contributed by atoms with Gasteiger partial charge in [0.15, 0.2) is 5.78 Å². The molecule has 2 aromatic carbocycles. The van der Waals surface area contributed by atoms with Crippen molar-refractivity contribution >= 4 is 5.78 Å². The zero-order valence-corrected chi connectivity index (χ0v) is 13.5. The van der Waals surface area contributed by atoms with Crippen molar-refractivity contribution in [3.8, 4) is 0 Å². The van der Waals surface area contributed by atoms with Crippen LogP contribution in [0.1, 0.15) is 54.6 Å². The lowest BCUT2D eigenvalue weighted by Gasteiger charge is -2.22. The van der Waals surface area contributed by atoms with Crippen LogP contribution in [0.15, 0.2) is 54.6 Å². The molecule has 0 amide bonds. The molecular formula is C20H24O2. The molecule has 0 aliphatic carbocycles. The molecule has 0 spiro atoms. The van der Waals surface area contributed by atoms with E-state index in [0.29, 0.717) is 24.3 Å². The number of Topliss-reactive ketones (excluding diaryl/α,β-unsaturated/α-hetero) is 1. The summed E-state index contributed by atoms with van der Waals surface area (Å²) in [6, 6.07) is 17.5. The summed E-state index contributed by atoms with van der Waals surface area (Å²) in [7, 11) is 0. The third kappa shape index (κ3) is 4.05. The standard InChI is InChI=1S/C20H24O2/c1-15(2)17-9-11-18(12-10-17)19(21)20(3,22)14-13-16-7-5-4-6-8-16/h4-12,15,22H,13-14H2,1-3H3. The molecule has 0 saturated carbocycles. The van der Waals surface area contributed by atoms with Crippen molar-refractivity contribution in [2.45, 2.75) is 45.1 Å². The molecule has 2 heteroatoms. The molecule has 1 N–H and O–H groups in total. The Balaban J connectivity index is 2.06. The molecule has 0 heterocycles. The van der Waals surface area contributed by atoms with Gasteiger partial charge in [0.2, 0.25) is 0 Å². The number of carbonyl (C=O) groups excluding carboxylic acids is 1. The molecule has 0 aliphatic rings. The minimum atomic E-state index is -1.34. The molecule has 0 aromatic heterocycles. The molecule has 1 atom stereocenters. The highest BCUT2D eigenvalue weighted by Gasteiger charge is 2.30. The van der Waals surface area contributed by atoms with Crippen molar-refractivity contribution in [2.75, 3.05) is 0 Å². The molecule has 2 aromatic rings. The lowest BCUT2D eigenvalue weighted by atomic mass is 9.88. The van der Waals surface area contributed by atoms with Crippen LogP contribution in [0.2, 0.25) is 0 Å². The number of hydrogen-bond acceptors (Lipinski definition) is 2. The van der Waals surface area contributed by atoms with Crippen LogP contribution in [0.3, 0.4) is 0 Å². The molecule has 0 fully saturated rings. The molecule has 22 heavy (non-hydrogen) atoms. The van der Waals surface area contributed by atoms with Crippen molar-refractivity contribution in [3.05, 3.63) is 71.3 Å².